The maximum absolute atomic E-state index is 12.5. The third kappa shape index (κ3) is 5.31. The molecule has 3 aromatic carbocycles. The molecule has 1 saturated heterocycles. The van der Waals surface area contributed by atoms with Gasteiger partial charge in [0.1, 0.15) is 23.2 Å². The molecule has 1 aliphatic heterocycles. The van der Waals surface area contributed by atoms with Crippen LogP contribution in [0.1, 0.15) is 29.3 Å². The standard InChI is InChI=1S/C31H32N2O7/c1-36-24-13-9-22(10-14-24)31(21-7-5-4-6-8-21,23-11-15-25(37-2)16-12-23)39-20-26-19-27(38-3)29(40-26)33-18-17-28(34)32-30(33)35/h4-18,26-27,29H,19-20H2,1-3H3,(H,32,34,35)/t26?,27-,29?/m1/s1. The van der Waals surface area contributed by atoms with E-state index in [0.717, 1.165) is 28.2 Å². The average Bonchev–Trinajstić information content (AvgIpc) is 3.41. The van der Waals surface area contributed by atoms with Crippen LogP contribution in [0.25, 0.3) is 0 Å². The van der Waals surface area contributed by atoms with Crippen LogP contribution in [0.4, 0.5) is 0 Å². The van der Waals surface area contributed by atoms with Gasteiger partial charge < -0.3 is 23.7 Å². The number of nitrogens with zero attached hydrogens (tertiary/aromatic N) is 1. The molecule has 9 heteroatoms. The molecule has 2 heterocycles. The number of hydrogen-bond acceptors (Lipinski definition) is 7. The quantitative estimate of drug-likeness (QED) is 0.303. The Labute approximate surface area is 231 Å². The molecule has 40 heavy (non-hydrogen) atoms. The third-order valence-electron chi connectivity index (χ3n) is 7.23. The largest absolute Gasteiger partial charge is 0.497 e. The van der Waals surface area contributed by atoms with Crippen molar-refractivity contribution in [2.75, 3.05) is 27.9 Å². The molecule has 0 amide bonds. The summed E-state index contributed by atoms with van der Waals surface area (Å²) < 4.78 is 31.1. The summed E-state index contributed by atoms with van der Waals surface area (Å²) in [7, 11) is 4.84. The second-order valence-electron chi connectivity index (χ2n) is 9.49. The van der Waals surface area contributed by atoms with E-state index in [9.17, 15) is 9.59 Å². The van der Waals surface area contributed by atoms with Crippen LogP contribution in [-0.4, -0.2) is 49.7 Å². The predicted molar refractivity (Wildman–Crippen MR) is 149 cm³/mol. The first-order valence-electron chi connectivity index (χ1n) is 13.0. The maximum atomic E-state index is 12.5. The molecule has 0 radical (unpaired) electrons. The minimum Gasteiger partial charge on any atom is -0.497 e. The van der Waals surface area contributed by atoms with E-state index in [1.807, 2.05) is 78.9 Å². The Kier molecular flexibility index (Phi) is 8.16. The molecule has 208 valence electrons. The van der Waals surface area contributed by atoms with Crippen molar-refractivity contribution in [2.24, 2.45) is 0 Å². The summed E-state index contributed by atoms with van der Waals surface area (Å²) in [6, 6.07) is 26.9. The van der Waals surface area contributed by atoms with E-state index in [1.165, 1.54) is 16.8 Å². The van der Waals surface area contributed by atoms with Gasteiger partial charge in [-0.05, 0) is 41.0 Å². The Morgan fingerprint density at radius 3 is 1.93 bits per heavy atom. The van der Waals surface area contributed by atoms with E-state index in [4.69, 9.17) is 23.7 Å². The normalized spacial score (nSPS) is 18.9. The van der Waals surface area contributed by atoms with Crippen LogP contribution >= 0.6 is 0 Å². The number of aromatic nitrogens is 2. The van der Waals surface area contributed by atoms with Crippen LogP contribution in [-0.2, 0) is 19.8 Å². The number of nitrogens with one attached hydrogen (secondary N) is 1. The van der Waals surface area contributed by atoms with E-state index in [1.54, 1.807) is 21.3 Å². The van der Waals surface area contributed by atoms with E-state index in [0.29, 0.717) is 6.42 Å². The van der Waals surface area contributed by atoms with Crippen molar-refractivity contribution >= 4 is 0 Å². The highest BCUT2D eigenvalue weighted by Crippen LogP contribution is 2.42. The van der Waals surface area contributed by atoms with Gasteiger partial charge in [-0.25, -0.2) is 4.79 Å². The Bertz CT molecular complexity index is 1470. The molecule has 1 aliphatic rings. The van der Waals surface area contributed by atoms with Crippen molar-refractivity contribution in [3.8, 4) is 11.5 Å². The molecule has 1 aromatic heterocycles. The van der Waals surface area contributed by atoms with Gasteiger partial charge >= 0.3 is 5.69 Å². The van der Waals surface area contributed by atoms with Crippen LogP contribution < -0.4 is 20.7 Å². The molecule has 0 spiro atoms. The molecule has 4 aromatic rings. The molecular formula is C31H32N2O7. The zero-order valence-electron chi connectivity index (χ0n) is 22.6. The van der Waals surface area contributed by atoms with Gasteiger partial charge in [-0.15, -0.1) is 0 Å². The number of hydrogen-bond donors (Lipinski definition) is 1. The minimum absolute atomic E-state index is 0.196. The van der Waals surface area contributed by atoms with Gasteiger partial charge in [-0.3, -0.25) is 14.3 Å². The average molecular weight is 545 g/mol. The Hall–Kier alpha value is -4.18. The van der Waals surface area contributed by atoms with Gasteiger partial charge in [0.05, 0.1) is 26.9 Å². The second-order valence-corrected chi connectivity index (χ2v) is 9.49. The number of rotatable bonds is 10. The summed E-state index contributed by atoms with van der Waals surface area (Å²) in [5.74, 6) is 1.47. The highest BCUT2D eigenvalue weighted by molar-refractivity contribution is 5.49. The fraction of sp³-hybridized carbons (Fsp3) is 0.290. The number of methoxy groups -OCH3 is 3. The van der Waals surface area contributed by atoms with Crippen LogP contribution in [0.3, 0.4) is 0 Å². The molecule has 0 aliphatic carbocycles. The summed E-state index contributed by atoms with van der Waals surface area (Å²) in [4.78, 5) is 26.4. The van der Waals surface area contributed by atoms with Crippen molar-refractivity contribution in [1.29, 1.82) is 0 Å². The Morgan fingerprint density at radius 1 is 0.825 bits per heavy atom. The van der Waals surface area contributed by atoms with Crippen molar-refractivity contribution in [2.45, 2.75) is 30.5 Å². The van der Waals surface area contributed by atoms with Crippen molar-refractivity contribution in [3.05, 3.63) is 129 Å². The van der Waals surface area contributed by atoms with Crippen LogP contribution in [0.15, 0.2) is 101 Å². The fourth-order valence-electron chi connectivity index (χ4n) is 5.20. The minimum atomic E-state index is -1.00. The van der Waals surface area contributed by atoms with Gasteiger partial charge in [0.2, 0.25) is 0 Å². The van der Waals surface area contributed by atoms with E-state index in [-0.39, 0.29) is 6.61 Å². The predicted octanol–water partition coefficient (Wildman–Crippen LogP) is 3.87. The van der Waals surface area contributed by atoms with Crippen molar-refractivity contribution in [3.63, 3.8) is 0 Å². The first-order valence-corrected chi connectivity index (χ1v) is 13.0. The summed E-state index contributed by atoms with van der Waals surface area (Å²) in [6.45, 7) is 0.196. The van der Waals surface area contributed by atoms with Crippen LogP contribution in [0.5, 0.6) is 11.5 Å². The highest BCUT2D eigenvalue weighted by Gasteiger charge is 2.42. The lowest BCUT2D eigenvalue weighted by Crippen LogP contribution is -2.36. The molecule has 1 fully saturated rings. The van der Waals surface area contributed by atoms with Gasteiger partial charge in [0.15, 0.2) is 6.23 Å². The summed E-state index contributed by atoms with van der Waals surface area (Å²) in [6.07, 6.45) is 0.391. The first kappa shape index (κ1) is 27.4. The molecule has 3 atom stereocenters. The smallest absolute Gasteiger partial charge is 0.330 e. The summed E-state index contributed by atoms with van der Waals surface area (Å²) in [5, 5.41) is 0. The topological polar surface area (TPSA) is 101 Å². The molecule has 0 saturated carbocycles. The fourth-order valence-corrected chi connectivity index (χ4v) is 5.20. The molecule has 2 unspecified atom stereocenters. The lowest BCUT2D eigenvalue weighted by Gasteiger charge is -2.37. The summed E-state index contributed by atoms with van der Waals surface area (Å²) in [5.41, 5.74) is 0.702. The first-order chi connectivity index (χ1) is 19.5. The highest BCUT2D eigenvalue weighted by atomic mass is 16.6. The van der Waals surface area contributed by atoms with E-state index < -0.39 is 35.3 Å². The molecular weight excluding hydrogens is 512 g/mol. The Balaban J connectivity index is 1.54. The lowest BCUT2D eigenvalue weighted by atomic mass is 9.80. The number of benzene rings is 3. The molecule has 9 nitrogen and oxygen atoms in total. The van der Waals surface area contributed by atoms with Gasteiger partial charge in [0, 0.05) is 25.8 Å². The van der Waals surface area contributed by atoms with Gasteiger partial charge in [-0.1, -0.05) is 54.6 Å². The molecule has 5 rings (SSSR count). The molecule has 0 bridgehead atoms. The van der Waals surface area contributed by atoms with E-state index >= 15 is 0 Å². The monoisotopic (exact) mass is 544 g/mol. The Morgan fingerprint density at radius 2 is 1.40 bits per heavy atom. The zero-order chi connectivity index (χ0) is 28.1. The third-order valence-corrected chi connectivity index (χ3v) is 7.23. The lowest BCUT2D eigenvalue weighted by molar-refractivity contribution is -0.0912. The zero-order valence-corrected chi connectivity index (χ0v) is 22.6. The van der Waals surface area contributed by atoms with Crippen molar-refractivity contribution < 1.29 is 23.7 Å². The van der Waals surface area contributed by atoms with Crippen LogP contribution in [0, 0.1) is 0 Å². The SMILES string of the molecule is COc1ccc(C(OCC2C[C@@H](OC)C(n3ccc(=O)[nH]c3=O)O2)(c2ccccc2)c2ccc(OC)cc2)cc1. The van der Waals surface area contributed by atoms with Crippen molar-refractivity contribution in [1.82, 2.24) is 9.55 Å². The van der Waals surface area contributed by atoms with Gasteiger partial charge in [0.25, 0.3) is 5.56 Å². The maximum Gasteiger partial charge on any atom is 0.330 e. The van der Waals surface area contributed by atoms with E-state index in [2.05, 4.69) is 4.98 Å². The van der Waals surface area contributed by atoms with Gasteiger partial charge in [-0.2, -0.15) is 0 Å². The number of ether oxygens (including phenoxy) is 5. The second kappa shape index (κ2) is 11.9. The van der Waals surface area contributed by atoms with Crippen LogP contribution in [0.2, 0.25) is 0 Å². The summed E-state index contributed by atoms with van der Waals surface area (Å²) >= 11 is 0. The number of H-pyrrole nitrogens is 1. The number of aromatic amines is 1. The molecule has 1 N–H and O–H groups in total.